The number of rotatable bonds is 2. The van der Waals surface area contributed by atoms with Crippen LogP contribution in [0, 0.1) is 11.3 Å². The van der Waals surface area contributed by atoms with Gasteiger partial charge in [0.2, 0.25) is 0 Å². The Kier molecular flexibility index (Phi) is 5.51. The topological polar surface area (TPSA) is 58.4 Å². The molecule has 0 amide bonds. The van der Waals surface area contributed by atoms with Crippen LogP contribution in [0.2, 0.25) is 0 Å². The van der Waals surface area contributed by atoms with Gasteiger partial charge in [-0.2, -0.15) is 5.26 Å². The molecule has 1 aliphatic heterocycles. The van der Waals surface area contributed by atoms with Gasteiger partial charge in [-0.05, 0) is 84.3 Å². The largest absolute Gasteiger partial charge is 0.308 e. The molecule has 6 aromatic carbocycles. The van der Waals surface area contributed by atoms with Gasteiger partial charge in [0.1, 0.15) is 5.82 Å². The third-order valence-electron chi connectivity index (χ3n) is 10.5. The van der Waals surface area contributed by atoms with E-state index in [1.165, 1.54) is 59.6 Å². The molecule has 232 valence electrons. The van der Waals surface area contributed by atoms with Gasteiger partial charge in [-0.25, -0.2) is 4.99 Å². The van der Waals surface area contributed by atoms with E-state index in [-0.39, 0.29) is 0 Å². The summed E-state index contributed by atoms with van der Waals surface area (Å²) in [6.45, 7) is 0. The maximum absolute atomic E-state index is 9.83. The quantitative estimate of drug-likeness (QED) is 0.189. The first-order chi connectivity index (χ1) is 24.8. The second-order valence-corrected chi connectivity index (χ2v) is 13.2. The molecule has 4 aromatic heterocycles. The van der Waals surface area contributed by atoms with E-state index in [1.807, 2.05) is 36.5 Å². The van der Waals surface area contributed by atoms with Crippen LogP contribution >= 0.6 is 0 Å². The highest BCUT2D eigenvalue weighted by molar-refractivity contribution is 6.36. The first-order valence-electron chi connectivity index (χ1n) is 17.0. The SMILES string of the molecule is N#Cc1cccc(/C2=N/C(n3c4cc5ccccc5cc4c4c5c6ccccc6n6c7ccccc7c(cc43)c56)=C\CCc3ncccc32)c1. The van der Waals surface area contributed by atoms with Crippen molar-refractivity contribution in [1.82, 2.24) is 14.0 Å². The summed E-state index contributed by atoms with van der Waals surface area (Å²) in [6.07, 6.45) is 5.70. The maximum Gasteiger partial charge on any atom is 0.134 e. The average molecular weight is 638 g/mol. The number of benzene rings is 6. The smallest absolute Gasteiger partial charge is 0.134 e. The molecular formula is C45H27N5. The van der Waals surface area contributed by atoms with Gasteiger partial charge in [0.25, 0.3) is 0 Å². The van der Waals surface area contributed by atoms with Crippen LogP contribution in [0.25, 0.3) is 76.5 Å². The van der Waals surface area contributed by atoms with Crippen molar-refractivity contribution in [3.63, 3.8) is 0 Å². The molecule has 0 saturated carbocycles. The number of nitriles is 1. The Morgan fingerprint density at radius 3 is 2.26 bits per heavy atom. The standard InChI is InChI=1S/C45H27N5/c46-26-27-10-7-13-30(22-27)44-32-16-9-21-47-36(32)17-8-20-41(48-44)49-39-24-29-12-2-1-11-28(29)23-35(39)42-40(49)25-34-31-14-3-5-18-37(31)50-38-19-6-4-15-33(38)43(42)45(34)50/h1-7,9-16,18-25H,8,17H2/b41-20+,48-44-. The predicted octanol–water partition coefficient (Wildman–Crippen LogP) is 10.6. The van der Waals surface area contributed by atoms with Crippen LogP contribution in [0.5, 0.6) is 0 Å². The van der Waals surface area contributed by atoms with Gasteiger partial charge in [-0.1, -0.05) is 72.8 Å². The van der Waals surface area contributed by atoms with Crippen molar-refractivity contribution in [3.8, 4) is 6.07 Å². The Morgan fingerprint density at radius 2 is 1.40 bits per heavy atom. The van der Waals surface area contributed by atoms with E-state index in [0.717, 1.165) is 52.2 Å². The second kappa shape index (κ2) is 10.1. The highest BCUT2D eigenvalue weighted by Gasteiger charge is 2.26. The van der Waals surface area contributed by atoms with Gasteiger partial charge < -0.3 is 4.40 Å². The normalized spacial score (nSPS) is 15.7. The van der Waals surface area contributed by atoms with Crippen LogP contribution < -0.4 is 0 Å². The summed E-state index contributed by atoms with van der Waals surface area (Å²) in [6, 6.07) is 47.5. The van der Waals surface area contributed by atoms with Crippen molar-refractivity contribution < 1.29 is 0 Å². The van der Waals surface area contributed by atoms with Gasteiger partial charge in [-0.15, -0.1) is 0 Å². The van der Waals surface area contributed by atoms with Gasteiger partial charge in [0.15, 0.2) is 0 Å². The van der Waals surface area contributed by atoms with Gasteiger partial charge in [0.05, 0.1) is 50.6 Å². The Balaban J connectivity index is 1.34. The zero-order valence-corrected chi connectivity index (χ0v) is 26.9. The summed E-state index contributed by atoms with van der Waals surface area (Å²) in [5.74, 6) is 0.869. The summed E-state index contributed by atoms with van der Waals surface area (Å²) in [7, 11) is 0. The third-order valence-corrected chi connectivity index (χ3v) is 10.5. The number of aliphatic imine (C=N–C) groups is 1. The number of hydrogen-bond acceptors (Lipinski definition) is 3. The van der Waals surface area contributed by atoms with Gasteiger partial charge in [0, 0.05) is 49.6 Å². The molecule has 5 heteroatoms. The van der Waals surface area contributed by atoms with Gasteiger partial charge in [-0.3, -0.25) is 9.55 Å². The molecule has 11 rings (SSSR count). The van der Waals surface area contributed by atoms with E-state index in [2.05, 4.69) is 118 Å². The summed E-state index contributed by atoms with van der Waals surface area (Å²) in [4.78, 5) is 10.4. The average Bonchev–Trinajstić information content (AvgIpc) is 3.78. The number of aryl methyl sites for hydroxylation is 1. The maximum atomic E-state index is 9.83. The van der Waals surface area contributed by atoms with Crippen molar-refractivity contribution in [1.29, 1.82) is 5.26 Å². The molecule has 0 atom stereocenters. The minimum Gasteiger partial charge on any atom is -0.308 e. The molecule has 0 bridgehead atoms. The van der Waals surface area contributed by atoms with Crippen LogP contribution in [0.4, 0.5) is 0 Å². The molecule has 0 aliphatic carbocycles. The summed E-state index contributed by atoms with van der Waals surface area (Å²) >= 11 is 0. The van der Waals surface area contributed by atoms with E-state index in [9.17, 15) is 5.26 Å². The molecule has 1 aliphatic rings. The number of fused-ring (bicyclic) bond motifs is 12. The summed E-state index contributed by atoms with van der Waals surface area (Å²) in [5, 5.41) is 19.7. The first-order valence-corrected chi connectivity index (χ1v) is 17.0. The molecule has 0 radical (unpaired) electrons. The summed E-state index contributed by atoms with van der Waals surface area (Å²) in [5.41, 5.74) is 10.3. The van der Waals surface area contributed by atoms with Crippen molar-refractivity contribution in [2.75, 3.05) is 0 Å². The molecule has 5 heterocycles. The molecule has 0 N–H and O–H groups in total. The molecule has 10 aromatic rings. The number of hydrogen-bond donors (Lipinski definition) is 0. The lowest BCUT2D eigenvalue weighted by molar-refractivity contribution is 0.927. The van der Waals surface area contributed by atoms with Crippen molar-refractivity contribution >= 4 is 82.2 Å². The second-order valence-electron chi connectivity index (χ2n) is 13.2. The lowest BCUT2D eigenvalue weighted by Crippen LogP contribution is -2.12. The zero-order chi connectivity index (χ0) is 32.9. The van der Waals surface area contributed by atoms with Crippen LogP contribution in [-0.2, 0) is 6.42 Å². The van der Waals surface area contributed by atoms with Gasteiger partial charge >= 0.3 is 0 Å². The number of para-hydroxylation sites is 2. The van der Waals surface area contributed by atoms with E-state index >= 15 is 0 Å². The molecule has 0 unspecified atom stereocenters. The molecule has 0 fully saturated rings. The number of allylic oxidation sites excluding steroid dienone is 1. The number of nitrogens with zero attached hydrogens (tertiary/aromatic N) is 5. The third kappa shape index (κ3) is 3.65. The lowest BCUT2D eigenvalue weighted by atomic mass is 9.96. The Hall–Kier alpha value is -6.77. The molecule has 50 heavy (non-hydrogen) atoms. The zero-order valence-electron chi connectivity index (χ0n) is 26.9. The monoisotopic (exact) mass is 637 g/mol. The minimum absolute atomic E-state index is 0.604. The van der Waals surface area contributed by atoms with Crippen LogP contribution in [-0.4, -0.2) is 19.7 Å². The Bertz CT molecular complexity index is 3160. The van der Waals surface area contributed by atoms with Crippen LogP contribution in [0.1, 0.15) is 28.8 Å². The van der Waals surface area contributed by atoms with Crippen molar-refractivity contribution in [2.24, 2.45) is 4.99 Å². The Labute approximate surface area is 286 Å². The molecule has 0 saturated heterocycles. The lowest BCUT2D eigenvalue weighted by Gasteiger charge is -2.17. The predicted molar refractivity (Wildman–Crippen MR) is 205 cm³/mol. The molecule has 0 spiro atoms. The fraction of sp³-hybridized carbons (Fsp3) is 0.0444. The summed E-state index contributed by atoms with van der Waals surface area (Å²) < 4.78 is 4.84. The van der Waals surface area contributed by atoms with Crippen LogP contribution in [0.3, 0.4) is 0 Å². The van der Waals surface area contributed by atoms with E-state index < -0.39 is 0 Å². The fourth-order valence-corrected chi connectivity index (χ4v) is 8.45. The molecule has 5 nitrogen and oxygen atoms in total. The van der Waals surface area contributed by atoms with Crippen molar-refractivity contribution in [3.05, 3.63) is 162 Å². The Morgan fingerprint density at radius 1 is 0.620 bits per heavy atom. The van der Waals surface area contributed by atoms with Crippen molar-refractivity contribution in [2.45, 2.75) is 12.8 Å². The minimum atomic E-state index is 0.604. The van der Waals surface area contributed by atoms with Crippen LogP contribution in [0.15, 0.2) is 145 Å². The van der Waals surface area contributed by atoms with E-state index in [1.54, 1.807) is 0 Å². The number of pyridine rings is 1. The van der Waals surface area contributed by atoms with E-state index in [4.69, 9.17) is 9.98 Å². The highest BCUT2D eigenvalue weighted by atomic mass is 15.1. The van der Waals surface area contributed by atoms with E-state index in [0.29, 0.717) is 5.56 Å². The number of aromatic nitrogens is 3. The molecular weight excluding hydrogens is 611 g/mol. The first kappa shape index (κ1) is 27.2. The fourth-order valence-electron chi connectivity index (χ4n) is 8.45. The highest BCUT2D eigenvalue weighted by Crippen LogP contribution is 2.47.